The fourth-order valence-electron chi connectivity index (χ4n) is 3.14. The van der Waals surface area contributed by atoms with Crippen molar-refractivity contribution in [1.82, 2.24) is 10.3 Å². The van der Waals surface area contributed by atoms with Gasteiger partial charge in [0.2, 0.25) is 0 Å². The second kappa shape index (κ2) is 15.1. The Hall–Kier alpha value is -1.79. The molecule has 1 aliphatic rings. The molecule has 0 atom stereocenters. The summed E-state index contributed by atoms with van der Waals surface area (Å²) in [5.74, 6) is 1.01. The smallest absolute Gasteiger partial charge is 0.252 e. The summed E-state index contributed by atoms with van der Waals surface area (Å²) in [7, 11) is 0. The predicted molar refractivity (Wildman–Crippen MR) is 115 cm³/mol. The van der Waals surface area contributed by atoms with E-state index in [2.05, 4.69) is 10.3 Å². The number of carbonyl (C=O) groups is 2. The molecule has 1 heterocycles. The molecule has 1 aromatic rings. The molecule has 0 radical (unpaired) electrons. The molecular formula is C23H38N2O4. The number of nitrogens with zero attached hydrogens (tertiary/aromatic N) is 1. The fourth-order valence-corrected chi connectivity index (χ4v) is 3.14. The number of aromatic nitrogens is 1. The lowest BCUT2D eigenvalue weighted by molar-refractivity contribution is -0.126. The quantitative estimate of drug-likeness (QED) is 0.593. The fraction of sp³-hybridized carbons (Fsp3) is 0.696. The van der Waals surface area contributed by atoms with Crippen LogP contribution in [0.15, 0.2) is 24.5 Å². The van der Waals surface area contributed by atoms with Crippen LogP contribution in [0.1, 0.15) is 70.2 Å². The maximum absolute atomic E-state index is 11.6. The van der Waals surface area contributed by atoms with E-state index in [1.54, 1.807) is 18.3 Å². The van der Waals surface area contributed by atoms with Crippen molar-refractivity contribution in [2.45, 2.75) is 65.9 Å². The lowest BCUT2D eigenvalue weighted by Crippen LogP contribution is -2.27. The van der Waals surface area contributed by atoms with Gasteiger partial charge in [0.25, 0.3) is 5.91 Å². The van der Waals surface area contributed by atoms with Crippen LogP contribution >= 0.6 is 0 Å². The van der Waals surface area contributed by atoms with Gasteiger partial charge in [-0.1, -0.05) is 33.1 Å². The topological polar surface area (TPSA) is 77.5 Å². The van der Waals surface area contributed by atoms with E-state index in [0.717, 1.165) is 12.8 Å². The molecule has 1 amide bonds. The number of rotatable bonds is 10. The van der Waals surface area contributed by atoms with E-state index in [-0.39, 0.29) is 17.9 Å². The van der Waals surface area contributed by atoms with Crippen LogP contribution in [0.2, 0.25) is 0 Å². The molecule has 1 saturated carbocycles. The largest absolute Gasteiger partial charge is 0.377 e. The Balaban J connectivity index is 0.000000326. The summed E-state index contributed by atoms with van der Waals surface area (Å²) in [6.45, 7) is 10.1. The van der Waals surface area contributed by atoms with Crippen molar-refractivity contribution in [3.63, 3.8) is 0 Å². The number of amides is 1. The first kappa shape index (κ1) is 25.2. The second-order valence-electron chi connectivity index (χ2n) is 7.92. The van der Waals surface area contributed by atoms with Gasteiger partial charge in [0.05, 0.1) is 31.5 Å². The Morgan fingerprint density at radius 1 is 1.10 bits per heavy atom. The number of Topliss-reactive ketones (excluding diaryl/α,β-unsaturated/α-hetero) is 1. The molecule has 1 aliphatic carbocycles. The number of carbonyl (C=O) groups excluding carboxylic acids is 2. The summed E-state index contributed by atoms with van der Waals surface area (Å²) in [5, 5.41) is 2.75. The van der Waals surface area contributed by atoms with Crippen LogP contribution in [0.3, 0.4) is 0 Å². The average molecular weight is 407 g/mol. The standard InChI is InChI=1S/C13H20N2O3.C10H18O/c1-11(2)18-9-8-17-7-6-15-13(16)12-4-3-5-14-10-12;1-8(2)10(11)9-6-4-3-5-7-9/h3-5,10-11H,6-9H2,1-2H3,(H,15,16);8-9H,3-7H2,1-2H3. The lowest BCUT2D eigenvalue weighted by Gasteiger charge is -2.21. The Labute approximate surface area is 175 Å². The minimum atomic E-state index is -0.134. The first-order chi connectivity index (χ1) is 13.9. The van der Waals surface area contributed by atoms with Crippen molar-refractivity contribution in [2.24, 2.45) is 11.8 Å². The Bertz CT molecular complexity index is 570. The summed E-state index contributed by atoms with van der Waals surface area (Å²) < 4.78 is 10.6. The number of nitrogens with one attached hydrogen (secondary N) is 1. The number of hydrogen-bond acceptors (Lipinski definition) is 5. The highest BCUT2D eigenvalue weighted by Gasteiger charge is 2.22. The monoisotopic (exact) mass is 406 g/mol. The molecule has 2 rings (SSSR count). The van der Waals surface area contributed by atoms with Crippen molar-refractivity contribution in [1.29, 1.82) is 0 Å². The zero-order valence-corrected chi connectivity index (χ0v) is 18.5. The van der Waals surface area contributed by atoms with Gasteiger partial charge in [0.1, 0.15) is 5.78 Å². The van der Waals surface area contributed by atoms with Crippen molar-refractivity contribution >= 4 is 11.7 Å². The Morgan fingerprint density at radius 2 is 1.83 bits per heavy atom. The SMILES string of the molecule is CC(C)C(=O)C1CCCCC1.CC(C)OCCOCCNC(=O)c1cccnc1. The van der Waals surface area contributed by atoms with Gasteiger partial charge in [-0.15, -0.1) is 0 Å². The van der Waals surface area contributed by atoms with Crippen LogP contribution in [-0.4, -0.2) is 49.1 Å². The average Bonchev–Trinajstić information content (AvgIpc) is 2.73. The molecule has 1 N–H and O–H groups in total. The molecular weight excluding hydrogens is 368 g/mol. The van der Waals surface area contributed by atoms with E-state index in [0.29, 0.717) is 43.6 Å². The van der Waals surface area contributed by atoms with E-state index < -0.39 is 0 Å². The van der Waals surface area contributed by atoms with E-state index in [1.165, 1.54) is 25.5 Å². The molecule has 29 heavy (non-hydrogen) atoms. The van der Waals surface area contributed by atoms with Gasteiger partial charge < -0.3 is 14.8 Å². The van der Waals surface area contributed by atoms with Crippen LogP contribution in [0.4, 0.5) is 0 Å². The van der Waals surface area contributed by atoms with E-state index in [1.807, 2.05) is 27.7 Å². The van der Waals surface area contributed by atoms with Crippen LogP contribution in [0, 0.1) is 11.8 Å². The number of ketones is 1. The molecule has 6 nitrogen and oxygen atoms in total. The van der Waals surface area contributed by atoms with Gasteiger partial charge in [-0.25, -0.2) is 0 Å². The third-order valence-electron chi connectivity index (χ3n) is 4.71. The van der Waals surface area contributed by atoms with Gasteiger partial charge in [-0.2, -0.15) is 0 Å². The van der Waals surface area contributed by atoms with Crippen LogP contribution in [-0.2, 0) is 14.3 Å². The molecule has 6 heteroatoms. The van der Waals surface area contributed by atoms with Gasteiger partial charge in [-0.3, -0.25) is 14.6 Å². The van der Waals surface area contributed by atoms with Gasteiger partial charge >= 0.3 is 0 Å². The summed E-state index contributed by atoms with van der Waals surface area (Å²) in [6, 6.07) is 3.45. The molecule has 0 unspecified atom stereocenters. The molecule has 164 valence electrons. The van der Waals surface area contributed by atoms with Crippen molar-refractivity contribution < 1.29 is 19.1 Å². The van der Waals surface area contributed by atoms with Crippen LogP contribution in [0.25, 0.3) is 0 Å². The third kappa shape index (κ3) is 11.7. The molecule has 0 spiro atoms. The van der Waals surface area contributed by atoms with Crippen LogP contribution < -0.4 is 5.32 Å². The number of hydrogen-bond donors (Lipinski definition) is 1. The first-order valence-corrected chi connectivity index (χ1v) is 10.8. The van der Waals surface area contributed by atoms with Crippen LogP contribution in [0.5, 0.6) is 0 Å². The summed E-state index contributed by atoms with van der Waals surface area (Å²) in [5.41, 5.74) is 0.556. The van der Waals surface area contributed by atoms with Crippen molar-refractivity contribution in [3.05, 3.63) is 30.1 Å². The second-order valence-corrected chi connectivity index (χ2v) is 7.92. The predicted octanol–water partition coefficient (Wildman–Crippen LogP) is 4.04. The highest BCUT2D eigenvalue weighted by molar-refractivity contribution is 5.93. The Morgan fingerprint density at radius 3 is 2.41 bits per heavy atom. The highest BCUT2D eigenvalue weighted by atomic mass is 16.5. The first-order valence-electron chi connectivity index (χ1n) is 10.8. The maximum atomic E-state index is 11.6. The van der Waals surface area contributed by atoms with Gasteiger partial charge in [0.15, 0.2) is 0 Å². The normalized spacial score (nSPS) is 14.4. The molecule has 0 saturated heterocycles. The number of ether oxygens (including phenoxy) is 2. The van der Waals surface area contributed by atoms with Gasteiger partial charge in [-0.05, 0) is 38.8 Å². The summed E-state index contributed by atoms with van der Waals surface area (Å²) >= 11 is 0. The molecule has 0 aliphatic heterocycles. The molecule has 0 bridgehead atoms. The van der Waals surface area contributed by atoms with Crippen molar-refractivity contribution in [3.8, 4) is 0 Å². The minimum Gasteiger partial charge on any atom is -0.377 e. The summed E-state index contributed by atoms with van der Waals surface area (Å²) in [6.07, 6.45) is 9.56. The minimum absolute atomic E-state index is 0.134. The number of pyridine rings is 1. The van der Waals surface area contributed by atoms with Crippen molar-refractivity contribution in [2.75, 3.05) is 26.4 Å². The molecule has 0 aromatic carbocycles. The molecule has 1 fully saturated rings. The zero-order valence-electron chi connectivity index (χ0n) is 18.5. The third-order valence-corrected chi connectivity index (χ3v) is 4.71. The lowest BCUT2D eigenvalue weighted by atomic mass is 9.83. The Kier molecular flexibility index (Phi) is 13.1. The maximum Gasteiger partial charge on any atom is 0.252 e. The van der Waals surface area contributed by atoms with E-state index in [9.17, 15) is 9.59 Å². The van der Waals surface area contributed by atoms with E-state index >= 15 is 0 Å². The molecule has 1 aromatic heterocycles. The van der Waals surface area contributed by atoms with Gasteiger partial charge in [0, 0.05) is 30.8 Å². The zero-order chi connectivity index (χ0) is 21.5. The van der Waals surface area contributed by atoms with E-state index in [4.69, 9.17) is 9.47 Å². The highest BCUT2D eigenvalue weighted by Crippen LogP contribution is 2.26. The summed E-state index contributed by atoms with van der Waals surface area (Å²) in [4.78, 5) is 27.0.